The molecule has 0 spiro atoms. The predicted molar refractivity (Wildman–Crippen MR) is 79.0 cm³/mol. The summed E-state index contributed by atoms with van der Waals surface area (Å²) >= 11 is 0. The van der Waals surface area contributed by atoms with Crippen molar-refractivity contribution in [2.24, 2.45) is 5.92 Å². The van der Waals surface area contributed by atoms with Gasteiger partial charge in [-0.2, -0.15) is 9.57 Å². The van der Waals surface area contributed by atoms with E-state index in [1.807, 2.05) is 13.1 Å². The summed E-state index contributed by atoms with van der Waals surface area (Å²) in [6, 6.07) is 4.77. The lowest BCUT2D eigenvalue weighted by Crippen LogP contribution is -2.38. The van der Waals surface area contributed by atoms with Crippen LogP contribution >= 0.6 is 0 Å². The molecule has 0 unspecified atom stereocenters. The summed E-state index contributed by atoms with van der Waals surface area (Å²) in [6.07, 6.45) is 4.14. The van der Waals surface area contributed by atoms with E-state index in [0.29, 0.717) is 19.0 Å². The first-order valence-electron chi connectivity index (χ1n) is 7.09. The normalized spacial score (nSPS) is 17.5. The zero-order chi connectivity index (χ0) is 15.3. The van der Waals surface area contributed by atoms with E-state index < -0.39 is 10.0 Å². The molecule has 0 radical (unpaired) electrons. The highest BCUT2D eigenvalue weighted by Gasteiger charge is 2.29. The van der Waals surface area contributed by atoms with E-state index in [1.165, 1.54) is 22.6 Å². The van der Waals surface area contributed by atoms with Gasteiger partial charge in [-0.3, -0.25) is 0 Å². The third kappa shape index (κ3) is 3.79. The Kier molecular flexibility index (Phi) is 5.28. The van der Waals surface area contributed by atoms with Crippen LogP contribution in [0.2, 0.25) is 0 Å². The number of nitrogens with one attached hydrogen (secondary N) is 1. The molecule has 1 N–H and O–H groups in total. The van der Waals surface area contributed by atoms with Crippen molar-refractivity contribution < 1.29 is 8.42 Å². The lowest BCUT2D eigenvalue weighted by Gasteiger charge is -2.31. The van der Waals surface area contributed by atoms with E-state index >= 15 is 0 Å². The number of sulfonamides is 1. The second-order valence-corrected chi connectivity index (χ2v) is 7.17. The standard InChI is InChI=1S/C14H20N4O2S/c1-16-7-4-12-5-8-18(9-6-12)21(19,20)14-3-2-13(10-15)17-11-14/h2-3,11-12,16H,4-9H2,1H3. The van der Waals surface area contributed by atoms with Crippen molar-refractivity contribution in [1.29, 1.82) is 5.26 Å². The maximum Gasteiger partial charge on any atom is 0.244 e. The van der Waals surface area contributed by atoms with Crippen molar-refractivity contribution in [3.05, 3.63) is 24.0 Å². The second-order valence-electron chi connectivity index (χ2n) is 5.23. The fraction of sp³-hybridized carbons (Fsp3) is 0.571. The predicted octanol–water partition coefficient (Wildman–Crippen LogP) is 0.963. The van der Waals surface area contributed by atoms with Gasteiger partial charge in [0.2, 0.25) is 10.0 Å². The van der Waals surface area contributed by atoms with Crippen LogP contribution in [0.1, 0.15) is 25.0 Å². The molecule has 0 atom stereocenters. The average Bonchev–Trinajstić information content (AvgIpc) is 2.53. The molecular weight excluding hydrogens is 288 g/mol. The zero-order valence-corrected chi connectivity index (χ0v) is 12.9. The van der Waals surface area contributed by atoms with Gasteiger partial charge in [0, 0.05) is 19.3 Å². The van der Waals surface area contributed by atoms with Crippen molar-refractivity contribution >= 4 is 10.0 Å². The Bertz CT molecular complexity index is 599. The monoisotopic (exact) mass is 308 g/mol. The molecular formula is C14H20N4O2S. The summed E-state index contributed by atoms with van der Waals surface area (Å²) in [5.74, 6) is 0.586. The summed E-state index contributed by atoms with van der Waals surface area (Å²) < 4.78 is 26.5. The maximum atomic E-state index is 12.5. The van der Waals surface area contributed by atoms with E-state index in [-0.39, 0.29) is 10.6 Å². The Morgan fingerprint density at radius 3 is 2.67 bits per heavy atom. The summed E-state index contributed by atoms with van der Waals surface area (Å²) in [4.78, 5) is 4.00. The van der Waals surface area contributed by atoms with Crippen molar-refractivity contribution in [3.8, 4) is 6.07 Å². The van der Waals surface area contributed by atoms with Crippen LogP contribution in [0.4, 0.5) is 0 Å². The number of hydrogen-bond acceptors (Lipinski definition) is 5. The number of hydrogen-bond donors (Lipinski definition) is 1. The Balaban J connectivity index is 2.02. The van der Waals surface area contributed by atoms with Gasteiger partial charge in [-0.1, -0.05) is 0 Å². The van der Waals surface area contributed by atoms with Gasteiger partial charge in [-0.05, 0) is 50.9 Å². The van der Waals surface area contributed by atoms with Crippen molar-refractivity contribution in [1.82, 2.24) is 14.6 Å². The van der Waals surface area contributed by atoms with Crippen LogP contribution in [-0.4, -0.2) is 44.4 Å². The van der Waals surface area contributed by atoms with Crippen molar-refractivity contribution in [2.75, 3.05) is 26.7 Å². The highest BCUT2D eigenvalue weighted by molar-refractivity contribution is 7.89. The smallest absolute Gasteiger partial charge is 0.244 e. The Labute approximate surface area is 125 Å². The molecule has 1 aromatic rings. The van der Waals surface area contributed by atoms with E-state index in [1.54, 1.807) is 0 Å². The average molecular weight is 308 g/mol. The first-order valence-corrected chi connectivity index (χ1v) is 8.53. The summed E-state index contributed by atoms with van der Waals surface area (Å²) in [7, 11) is -1.56. The number of pyridine rings is 1. The molecule has 114 valence electrons. The Morgan fingerprint density at radius 1 is 1.43 bits per heavy atom. The molecule has 0 aromatic carbocycles. The zero-order valence-electron chi connectivity index (χ0n) is 12.1. The fourth-order valence-corrected chi connectivity index (χ4v) is 3.95. The first kappa shape index (κ1) is 15.9. The van der Waals surface area contributed by atoms with E-state index in [0.717, 1.165) is 25.8 Å². The van der Waals surface area contributed by atoms with Gasteiger partial charge in [-0.15, -0.1) is 0 Å². The van der Waals surface area contributed by atoms with Crippen LogP contribution in [0.3, 0.4) is 0 Å². The van der Waals surface area contributed by atoms with Gasteiger partial charge < -0.3 is 5.32 Å². The minimum absolute atomic E-state index is 0.162. The van der Waals surface area contributed by atoms with Crippen molar-refractivity contribution in [3.63, 3.8) is 0 Å². The molecule has 2 rings (SSSR count). The van der Waals surface area contributed by atoms with Gasteiger partial charge in [-0.25, -0.2) is 13.4 Å². The summed E-state index contributed by atoms with van der Waals surface area (Å²) in [6.45, 7) is 2.07. The minimum atomic E-state index is -3.49. The van der Waals surface area contributed by atoms with Crippen molar-refractivity contribution in [2.45, 2.75) is 24.2 Å². The summed E-state index contributed by atoms with van der Waals surface area (Å²) in [5, 5.41) is 11.8. The molecule has 0 bridgehead atoms. The van der Waals surface area contributed by atoms with Gasteiger partial charge in [0.1, 0.15) is 16.7 Å². The number of aromatic nitrogens is 1. The van der Waals surface area contributed by atoms with Gasteiger partial charge in [0.05, 0.1) is 0 Å². The number of nitriles is 1. The van der Waals surface area contributed by atoms with Crippen LogP contribution in [0.15, 0.2) is 23.2 Å². The van der Waals surface area contributed by atoms with Crippen LogP contribution in [0.25, 0.3) is 0 Å². The SMILES string of the molecule is CNCCC1CCN(S(=O)(=O)c2ccc(C#N)nc2)CC1. The number of piperidine rings is 1. The first-order chi connectivity index (χ1) is 10.1. The number of nitrogens with zero attached hydrogens (tertiary/aromatic N) is 3. The fourth-order valence-electron chi connectivity index (χ4n) is 2.53. The molecule has 7 heteroatoms. The topological polar surface area (TPSA) is 86.1 Å². The lowest BCUT2D eigenvalue weighted by atomic mass is 9.95. The molecule has 1 aromatic heterocycles. The lowest BCUT2D eigenvalue weighted by molar-refractivity contribution is 0.263. The third-order valence-corrected chi connectivity index (χ3v) is 5.75. The molecule has 1 aliphatic heterocycles. The molecule has 1 saturated heterocycles. The summed E-state index contributed by atoms with van der Waals surface area (Å²) in [5.41, 5.74) is 0.222. The molecule has 21 heavy (non-hydrogen) atoms. The second kappa shape index (κ2) is 6.98. The molecule has 2 heterocycles. The number of rotatable bonds is 5. The molecule has 0 saturated carbocycles. The van der Waals surface area contributed by atoms with Gasteiger partial charge in [0.25, 0.3) is 0 Å². The molecule has 6 nitrogen and oxygen atoms in total. The highest BCUT2D eigenvalue weighted by atomic mass is 32.2. The van der Waals surface area contributed by atoms with E-state index in [9.17, 15) is 8.42 Å². The maximum absolute atomic E-state index is 12.5. The molecule has 0 amide bonds. The van der Waals surface area contributed by atoms with Crippen LogP contribution < -0.4 is 5.32 Å². The third-order valence-electron chi connectivity index (χ3n) is 3.86. The van der Waals surface area contributed by atoms with E-state index in [4.69, 9.17) is 5.26 Å². The Morgan fingerprint density at radius 2 is 2.14 bits per heavy atom. The highest BCUT2D eigenvalue weighted by Crippen LogP contribution is 2.25. The Hall–Kier alpha value is -1.49. The quantitative estimate of drug-likeness (QED) is 0.875. The molecule has 0 aliphatic carbocycles. The largest absolute Gasteiger partial charge is 0.320 e. The van der Waals surface area contributed by atoms with Crippen LogP contribution in [0.5, 0.6) is 0 Å². The minimum Gasteiger partial charge on any atom is -0.320 e. The van der Waals surface area contributed by atoms with E-state index in [2.05, 4.69) is 10.3 Å². The van der Waals surface area contributed by atoms with Crippen LogP contribution in [-0.2, 0) is 10.0 Å². The van der Waals surface area contributed by atoms with Gasteiger partial charge in [0.15, 0.2) is 0 Å². The van der Waals surface area contributed by atoms with Gasteiger partial charge >= 0.3 is 0 Å². The van der Waals surface area contributed by atoms with Crippen LogP contribution in [0, 0.1) is 17.2 Å². The molecule has 1 fully saturated rings. The molecule has 1 aliphatic rings.